The number of benzene rings is 1. The van der Waals surface area contributed by atoms with E-state index in [1.807, 2.05) is 36.5 Å². The summed E-state index contributed by atoms with van der Waals surface area (Å²) in [4.78, 5) is 18.1. The van der Waals surface area contributed by atoms with Gasteiger partial charge in [0.15, 0.2) is 15.5 Å². The van der Waals surface area contributed by atoms with Gasteiger partial charge in [0, 0.05) is 36.6 Å². The number of carbonyl (C=O) groups is 1. The number of fused-ring (bicyclic) bond motifs is 1. The largest absolute Gasteiger partial charge is 0.382 e. The highest BCUT2D eigenvalue weighted by Crippen LogP contribution is 2.45. The number of nitrogens with zero attached hydrogens (tertiary/aromatic N) is 6. The Balaban J connectivity index is 1.50. The normalized spacial score (nSPS) is 18.7. The highest BCUT2D eigenvalue weighted by molar-refractivity contribution is 7.91. The third-order valence-electron chi connectivity index (χ3n) is 7.86. The molecule has 1 aliphatic carbocycles. The number of ether oxygens (including phenoxy) is 2. The van der Waals surface area contributed by atoms with Crippen molar-refractivity contribution < 1.29 is 22.7 Å². The van der Waals surface area contributed by atoms with Gasteiger partial charge in [-0.2, -0.15) is 14.7 Å². The lowest BCUT2D eigenvalue weighted by atomic mass is 9.69. The van der Waals surface area contributed by atoms with Crippen molar-refractivity contribution >= 4 is 33.2 Å². The predicted molar refractivity (Wildman–Crippen MR) is 163 cm³/mol. The average Bonchev–Trinajstić information content (AvgIpc) is 3.66. The van der Waals surface area contributed by atoms with E-state index >= 15 is 0 Å². The first-order valence-electron chi connectivity index (χ1n) is 14.0. The molecular formula is C28H36N10O5S. The van der Waals surface area contributed by atoms with Crippen LogP contribution in [0.5, 0.6) is 0 Å². The summed E-state index contributed by atoms with van der Waals surface area (Å²) in [5.74, 6) is -1.01. The van der Waals surface area contributed by atoms with Crippen LogP contribution in [-0.4, -0.2) is 77.8 Å². The smallest absolute Gasteiger partial charge is 0.248 e. The Bertz CT molecular complexity index is 1770. The SMILES string of the molecule is COCCOCC1(C(=O)NN=C(N)N)CCC(c2nc3c(-c4cnn(-c5ccccc5)c4)cnn3c(N)c2S(C)(=O)=O)CC1. The van der Waals surface area contributed by atoms with Crippen molar-refractivity contribution in [2.45, 2.75) is 36.5 Å². The number of guanidine groups is 1. The number of rotatable bonds is 11. The maximum Gasteiger partial charge on any atom is 0.248 e. The van der Waals surface area contributed by atoms with Crippen LogP contribution >= 0.6 is 0 Å². The van der Waals surface area contributed by atoms with Crippen molar-refractivity contribution in [3.8, 4) is 16.8 Å². The zero-order valence-corrected chi connectivity index (χ0v) is 25.3. The fourth-order valence-corrected chi connectivity index (χ4v) is 6.65. The van der Waals surface area contributed by atoms with Crippen molar-refractivity contribution in [1.29, 1.82) is 0 Å². The first-order chi connectivity index (χ1) is 21.0. The molecule has 0 aliphatic heterocycles. The molecule has 1 amide bonds. The van der Waals surface area contributed by atoms with Gasteiger partial charge in [-0.05, 0) is 37.8 Å². The Labute approximate surface area is 254 Å². The molecule has 1 aromatic carbocycles. The summed E-state index contributed by atoms with van der Waals surface area (Å²) in [6, 6.07) is 9.63. The first kappa shape index (κ1) is 30.9. The lowest BCUT2D eigenvalue weighted by molar-refractivity contribution is -0.138. The number of hydrogen-bond acceptors (Lipinski definition) is 10. The molecule has 0 spiro atoms. The minimum Gasteiger partial charge on any atom is -0.382 e. The lowest BCUT2D eigenvalue weighted by Crippen LogP contribution is -2.46. The van der Waals surface area contributed by atoms with E-state index in [0.29, 0.717) is 55.8 Å². The monoisotopic (exact) mass is 624 g/mol. The Morgan fingerprint density at radius 1 is 1.14 bits per heavy atom. The van der Waals surface area contributed by atoms with Crippen LogP contribution in [0.1, 0.15) is 37.3 Å². The van der Waals surface area contributed by atoms with Crippen LogP contribution in [0.15, 0.2) is 58.9 Å². The van der Waals surface area contributed by atoms with Crippen LogP contribution in [0.4, 0.5) is 5.82 Å². The molecule has 5 rings (SSSR count). The van der Waals surface area contributed by atoms with Crippen LogP contribution in [-0.2, 0) is 24.1 Å². The van der Waals surface area contributed by atoms with Crippen molar-refractivity contribution in [2.75, 3.05) is 38.9 Å². The number of methoxy groups -OCH3 is 1. The van der Waals surface area contributed by atoms with Crippen LogP contribution < -0.4 is 22.6 Å². The van der Waals surface area contributed by atoms with Gasteiger partial charge in [-0.1, -0.05) is 18.2 Å². The molecule has 0 atom stereocenters. The van der Waals surface area contributed by atoms with Gasteiger partial charge in [-0.15, -0.1) is 5.10 Å². The summed E-state index contributed by atoms with van der Waals surface area (Å²) in [6.45, 7) is 0.781. The van der Waals surface area contributed by atoms with E-state index in [9.17, 15) is 13.2 Å². The van der Waals surface area contributed by atoms with Gasteiger partial charge in [-0.25, -0.2) is 23.5 Å². The van der Waals surface area contributed by atoms with Crippen molar-refractivity contribution in [3.05, 3.63) is 54.6 Å². The standard InChI is InChI=1S/C28H36N10O5S/c1-42-12-13-43-17-28(26(39)35-36-27(30)31)10-8-18(9-11-28)22-23(44(2,40)41)24(29)38-25(34-22)21(15-33-38)19-14-32-37(16-19)20-6-4-3-5-7-20/h3-7,14-16,18H,8-13,17,29H2,1-2H3,(H,35,39)(H4,30,31,36). The van der Waals surface area contributed by atoms with Crippen LogP contribution in [0, 0.1) is 5.41 Å². The van der Waals surface area contributed by atoms with Crippen molar-refractivity contribution in [2.24, 2.45) is 22.0 Å². The lowest BCUT2D eigenvalue weighted by Gasteiger charge is -2.38. The molecule has 0 unspecified atom stereocenters. The van der Waals surface area contributed by atoms with E-state index in [2.05, 4.69) is 20.7 Å². The van der Waals surface area contributed by atoms with Gasteiger partial charge < -0.3 is 26.7 Å². The second-order valence-corrected chi connectivity index (χ2v) is 12.8. The number of hydrazone groups is 1. The summed E-state index contributed by atoms with van der Waals surface area (Å²) in [5, 5.41) is 12.5. The molecule has 3 heterocycles. The molecule has 44 heavy (non-hydrogen) atoms. The fourth-order valence-electron chi connectivity index (χ4n) is 5.59. The first-order valence-corrected chi connectivity index (χ1v) is 15.9. The molecule has 1 fully saturated rings. The summed E-state index contributed by atoms with van der Waals surface area (Å²) >= 11 is 0. The Hall–Kier alpha value is -4.54. The molecule has 7 N–H and O–H groups in total. The number of anilines is 1. The second kappa shape index (κ2) is 12.6. The number of nitrogens with two attached hydrogens (primary N) is 3. The summed E-state index contributed by atoms with van der Waals surface area (Å²) in [6.07, 6.45) is 7.83. The van der Waals surface area contributed by atoms with E-state index in [1.165, 1.54) is 4.52 Å². The van der Waals surface area contributed by atoms with E-state index in [1.54, 1.807) is 24.2 Å². The van der Waals surface area contributed by atoms with Crippen LogP contribution in [0.3, 0.4) is 0 Å². The second-order valence-electron chi connectivity index (χ2n) is 10.9. The van der Waals surface area contributed by atoms with Crippen molar-refractivity contribution in [3.63, 3.8) is 0 Å². The van der Waals surface area contributed by atoms with Gasteiger partial charge >= 0.3 is 0 Å². The zero-order valence-electron chi connectivity index (χ0n) is 24.5. The Morgan fingerprint density at radius 2 is 1.86 bits per heavy atom. The molecule has 15 nitrogen and oxygen atoms in total. The molecule has 1 aliphatic rings. The topological polar surface area (TPSA) is 220 Å². The number of nitrogens with one attached hydrogen (secondary N) is 1. The van der Waals surface area contributed by atoms with Gasteiger partial charge in [0.25, 0.3) is 0 Å². The number of aromatic nitrogens is 5. The molecule has 16 heteroatoms. The van der Waals surface area contributed by atoms with Gasteiger partial charge in [0.1, 0.15) is 10.7 Å². The summed E-state index contributed by atoms with van der Waals surface area (Å²) < 4.78 is 40.1. The van der Waals surface area contributed by atoms with Crippen molar-refractivity contribution in [1.82, 2.24) is 29.8 Å². The van der Waals surface area contributed by atoms with E-state index in [4.69, 9.17) is 31.7 Å². The van der Waals surface area contributed by atoms with Gasteiger partial charge in [0.2, 0.25) is 11.9 Å². The summed E-state index contributed by atoms with van der Waals surface area (Å²) in [5.41, 5.74) is 21.8. The Morgan fingerprint density at radius 3 is 2.52 bits per heavy atom. The zero-order chi connectivity index (χ0) is 31.5. The molecule has 0 bridgehead atoms. The predicted octanol–water partition coefficient (Wildman–Crippen LogP) is 1.18. The van der Waals surface area contributed by atoms with E-state index in [0.717, 1.165) is 17.5 Å². The minimum atomic E-state index is -3.80. The fraction of sp³-hybridized carbons (Fsp3) is 0.393. The third-order valence-corrected chi connectivity index (χ3v) is 9.02. The number of para-hydroxylation sites is 1. The highest BCUT2D eigenvalue weighted by atomic mass is 32.2. The average molecular weight is 625 g/mol. The molecule has 0 radical (unpaired) electrons. The van der Waals surface area contributed by atoms with E-state index < -0.39 is 15.3 Å². The molecule has 4 aromatic rings. The maximum atomic E-state index is 13.3. The number of hydrogen-bond donors (Lipinski definition) is 4. The number of carbonyl (C=O) groups excluding carboxylic acids is 1. The number of sulfone groups is 1. The molecule has 1 saturated carbocycles. The van der Waals surface area contributed by atoms with Crippen LogP contribution in [0.2, 0.25) is 0 Å². The van der Waals surface area contributed by atoms with Crippen LogP contribution in [0.25, 0.3) is 22.5 Å². The maximum absolute atomic E-state index is 13.3. The quantitative estimate of drug-likeness (QED) is 0.0803. The Kier molecular flexibility index (Phi) is 8.85. The number of amides is 1. The molecule has 0 saturated heterocycles. The molecule has 3 aromatic heterocycles. The third kappa shape index (κ3) is 6.22. The van der Waals surface area contributed by atoms with Gasteiger partial charge in [-0.3, -0.25) is 4.79 Å². The van der Waals surface area contributed by atoms with Gasteiger partial charge in [0.05, 0.1) is 49.0 Å². The number of nitrogen functional groups attached to an aromatic ring is 1. The minimum absolute atomic E-state index is 0.0283. The molecule has 234 valence electrons. The highest BCUT2D eigenvalue weighted by Gasteiger charge is 2.44. The summed E-state index contributed by atoms with van der Waals surface area (Å²) in [7, 11) is -2.24. The van der Waals surface area contributed by atoms with E-state index in [-0.39, 0.29) is 35.1 Å². The molecular weight excluding hydrogens is 588 g/mol.